The van der Waals surface area contributed by atoms with Gasteiger partial charge >= 0.3 is 0 Å². The topological polar surface area (TPSA) is 51.6 Å². The Labute approximate surface area is 119 Å². The summed E-state index contributed by atoms with van der Waals surface area (Å²) in [6, 6.07) is 11.5. The number of nitrogens with zero attached hydrogens (tertiary/aromatic N) is 1. The van der Waals surface area contributed by atoms with Gasteiger partial charge in [0.2, 0.25) is 0 Å². The van der Waals surface area contributed by atoms with Crippen molar-refractivity contribution in [3.63, 3.8) is 0 Å². The minimum absolute atomic E-state index is 0.00190. The molecule has 0 fully saturated rings. The largest absolute Gasteiger partial charge is 0.497 e. The summed E-state index contributed by atoms with van der Waals surface area (Å²) in [5.41, 5.74) is 1.92. The van der Waals surface area contributed by atoms with E-state index in [1.165, 1.54) is 0 Å². The quantitative estimate of drug-likeness (QED) is 0.879. The van der Waals surface area contributed by atoms with Crippen LogP contribution in [0.4, 0.5) is 0 Å². The van der Waals surface area contributed by atoms with Gasteiger partial charge in [-0.25, -0.2) is 0 Å². The van der Waals surface area contributed by atoms with Gasteiger partial charge in [0.15, 0.2) is 0 Å². The van der Waals surface area contributed by atoms with Crippen LogP contribution in [0.2, 0.25) is 0 Å². The fourth-order valence-corrected chi connectivity index (χ4v) is 2.28. The van der Waals surface area contributed by atoms with Gasteiger partial charge in [0.25, 0.3) is 0 Å². The van der Waals surface area contributed by atoms with Crippen molar-refractivity contribution in [1.82, 2.24) is 4.98 Å². The highest BCUT2D eigenvalue weighted by Gasteiger charge is 2.19. The highest BCUT2D eigenvalue weighted by molar-refractivity contribution is 5.45. The van der Waals surface area contributed by atoms with E-state index < -0.39 is 0 Å². The first-order valence-corrected chi connectivity index (χ1v) is 6.54. The summed E-state index contributed by atoms with van der Waals surface area (Å²) in [5, 5.41) is 9.33. The molecule has 0 radical (unpaired) electrons. The molecule has 4 heteroatoms. The lowest BCUT2D eigenvalue weighted by molar-refractivity contribution is 0.279. The minimum Gasteiger partial charge on any atom is -0.497 e. The van der Waals surface area contributed by atoms with Crippen LogP contribution in [-0.2, 0) is 0 Å². The lowest BCUT2D eigenvalue weighted by atomic mass is 9.91. The van der Waals surface area contributed by atoms with Gasteiger partial charge in [-0.15, -0.1) is 0 Å². The normalized spacial score (nSPS) is 11.9. The highest BCUT2D eigenvalue weighted by atomic mass is 16.5. The van der Waals surface area contributed by atoms with Gasteiger partial charge in [0.05, 0.1) is 14.2 Å². The van der Waals surface area contributed by atoms with Gasteiger partial charge < -0.3 is 14.6 Å². The first-order chi connectivity index (χ1) is 9.80. The van der Waals surface area contributed by atoms with E-state index in [0.717, 1.165) is 22.8 Å². The zero-order valence-corrected chi connectivity index (χ0v) is 11.7. The molecule has 0 amide bonds. The van der Waals surface area contributed by atoms with Crippen molar-refractivity contribution in [2.24, 2.45) is 0 Å². The lowest BCUT2D eigenvalue weighted by Crippen LogP contribution is -2.07. The predicted molar refractivity (Wildman–Crippen MR) is 77.3 cm³/mol. The molecule has 0 spiro atoms. The summed E-state index contributed by atoms with van der Waals surface area (Å²) in [5.74, 6) is 1.49. The first kappa shape index (κ1) is 14.3. The Hall–Kier alpha value is -2.07. The Morgan fingerprint density at radius 3 is 2.60 bits per heavy atom. The average molecular weight is 273 g/mol. The molecule has 20 heavy (non-hydrogen) atoms. The molecule has 2 rings (SSSR count). The molecule has 1 N–H and O–H groups in total. The molecule has 0 saturated heterocycles. The van der Waals surface area contributed by atoms with E-state index in [9.17, 15) is 5.11 Å². The summed E-state index contributed by atoms with van der Waals surface area (Å²) >= 11 is 0. The number of aromatic nitrogens is 1. The van der Waals surface area contributed by atoms with Crippen LogP contribution in [-0.4, -0.2) is 30.9 Å². The minimum atomic E-state index is 0.00190. The van der Waals surface area contributed by atoms with Crippen molar-refractivity contribution in [2.75, 3.05) is 20.8 Å². The van der Waals surface area contributed by atoms with Gasteiger partial charge in [-0.05, 0) is 24.6 Å². The van der Waals surface area contributed by atoms with Crippen molar-refractivity contribution in [3.8, 4) is 11.5 Å². The molecular weight excluding hydrogens is 254 g/mol. The molecule has 0 saturated carbocycles. The molecule has 0 aliphatic heterocycles. The summed E-state index contributed by atoms with van der Waals surface area (Å²) in [6.07, 6.45) is 2.36. The van der Waals surface area contributed by atoms with E-state index in [0.29, 0.717) is 6.42 Å². The standard InChI is InChI=1S/C16H19NO3/c1-19-12-6-7-14(16(11-12)20-2)13(8-10-18)15-5-3-4-9-17-15/h3-7,9,11,13,18H,8,10H2,1-2H3. The zero-order chi connectivity index (χ0) is 14.4. The van der Waals surface area contributed by atoms with Gasteiger partial charge in [-0.1, -0.05) is 12.1 Å². The number of hydrogen-bond donors (Lipinski definition) is 1. The van der Waals surface area contributed by atoms with Crippen LogP contribution >= 0.6 is 0 Å². The Morgan fingerprint density at radius 1 is 1.15 bits per heavy atom. The van der Waals surface area contributed by atoms with Crippen molar-refractivity contribution < 1.29 is 14.6 Å². The number of benzene rings is 1. The van der Waals surface area contributed by atoms with Gasteiger partial charge in [-0.3, -0.25) is 4.98 Å². The summed E-state index contributed by atoms with van der Waals surface area (Å²) in [6.45, 7) is 0.0937. The molecule has 0 aliphatic carbocycles. The van der Waals surface area contributed by atoms with Crippen LogP contribution in [0.3, 0.4) is 0 Å². The number of pyridine rings is 1. The molecule has 1 unspecified atom stereocenters. The smallest absolute Gasteiger partial charge is 0.126 e. The number of rotatable bonds is 6. The molecule has 1 atom stereocenters. The van der Waals surface area contributed by atoms with E-state index in [1.807, 2.05) is 36.4 Å². The van der Waals surface area contributed by atoms with E-state index in [2.05, 4.69) is 4.98 Å². The third-order valence-electron chi connectivity index (χ3n) is 3.28. The second-order valence-electron chi connectivity index (χ2n) is 4.43. The Balaban J connectivity index is 2.44. The fraction of sp³-hybridized carbons (Fsp3) is 0.312. The molecule has 1 heterocycles. The molecule has 106 valence electrons. The van der Waals surface area contributed by atoms with Crippen LogP contribution in [0.5, 0.6) is 11.5 Å². The summed E-state index contributed by atoms with van der Waals surface area (Å²) in [4.78, 5) is 4.39. The number of aliphatic hydroxyl groups is 1. The molecule has 1 aromatic carbocycles. The molecular formula is C16H19NO3. The molecule has 0 aliphatic rings. The molecule has 1 aromatic heterocycles. The Bertz CT molecular complexity index is 543. The van der Waals surface area contributed by atoms with Crippen LogP contribution < -0.4 is 9.47 Å². The highest BCUT2D eigenvalue weighted by Crippen LogP contribution is 2.35. The SMILES string of the molecule is COc1ccc(C(CCO)c2ccccn2)c(OC)c1. The Morgan fingerprint density at radius 2 is 2.00 bits per heavy atom. The van der Waals surface area contributed by atoms with Gasteiger partial charge in [-0.2, -0.15) is 0 Å². The van der Waals surface area contributed by atoms with Crippen molar-refractivity contribution in [2.45, 2.75) is 12.3 Å². The molecule has 0 bridgehead atoms. The van der Waals surface area contributed by atoms with E-state index >= 15 is 0 Å². The summed E-state index contributed by atoms with van der Waals surface area (Å²) in [7, 11) is 3.26. The van der Waals surface area contributed by atoms with E-state index in [-0.39, 0.29) is 12.5 Å². The average Bonchev–Trinajstić information content (AvgIpc) is 2.53. The number of ether oxygens (including phenoxy) is 2. The molecule has 4 nitrogen and oxygen atoms in total. The maximum Gasteiger partial charge on any atom is 0.126 e. The number of hydrogen-bond acceptors (Lipinski definition) is 4. The van der Waals surface area contributed by atoms with Crippen LogP contribution in [0.15, 0.2) is 42.6 Å². The third kappa shape index (κ3) is 3.08. The maximum absolute atomic E-state index is 9.33. The van der Waals surface area contributed by atoms with Crippen molar-refractivity contribution >= 4 is 0 Å². The van der Waals surface area contributed by atoms with E-state index in [4.69, 9.17) is 9.47 Å². The second kappa shape index (κ2) is 6.91. The van der Waals surface area contributed by atoms with Crippen LogP contribution in [0, 0.1) is 0 Å². The predicted octanol–water partition coefficient (Wildman–Crippen LogP) is 2.61. The summed E-state index contributed by atoms with van der Waals surface area (Å²) < 4.78 is 10.7. The van der Waals surface area contributed by atoms with E-state index in [1.54, 1.807) is 20.4 Å². The number of aliphatic hydroxyl groups excluding tert-OH is 1. The van der Waals surface area contributed by atoms with Crippen LogP contribution in [0.25, 0.3) is 0 Å². The fourth-order valence-electron chi connectivity index (χ4n) is 2.28. The second-order valence-corrected chi connectivity index (χ2v) is 4.43. The van der Waals surface area contributed by atoms with Gasteiger partial charge in [0, 0.05) is 36.0 Å². The monoisotopic (exact) mass is 273 g/mol. The van der Waals surface area contributed by atoms with Crippen molar-refractivity contribution in [3.05, 3.63) is 53.9 Å². The maximum atomic E-state index is 9.33. The first-order valence-electron chi connectivity index (χ1n) is 6.54. The number of methoxy groups -OCH3 is 2. The van der Waals surface area contributed by atoms with Crippen molar-refractivity contribution in [1.29, 1.82) is 0 Å². The molecule has 2 aromatic rings. The zero-order valence-electron chi connectivity index (χ0n) is 11.7. The Kier molecular flexibility index (Phi) is 4.96. The van der Waals surface area contributed by atoms with Crippen LogP contribution in [0.1, 0.15) is 23.6 Å². The lowest BCUT2D eigenvalue weighted by Gasteiger charge is -2.19. The van der Waals surface area contributed by atoms with Gasteiger partial charge in [0.1, 0.15) is 11.5 Å². The third-order valence-corrected chi connectivity index (χ3v) is 3.28.